The first-order chi connectivity index (χ1) is 10.2. The summed E-state index contributed by atoms with van der Waals surface area (Å²) < 4.78 is 5.30. The number of hydrogen-bond acceptors (Lipinski definition) is 4. The van der Waals surface area contributed by atoms with Crippen LogP contribution in [-0.2, 0) is 4.74 Å². The molecule has 0 amide bonds. The van der Waals surface area contributed by atoms with E-state index in [1.807, 2.05) is 24.3 Å². The number of thiocarbonyl (C=S) groups is 1. The minimum atomic E-state index is 0.221. The predicted octanol–water partition coefficient (Wildman–Crippen LogP) is 3.10. The molecular weight excluding hydrogens is 282 g/mol. The standard InChI is InChI=1S/C16H21N3OS/c1-3-6-11(10-20-2)19-15-12-7-4-5-8-14(12)18-9-13(15)16(17)21/h4-5,7-9,11H,3,6,10H2,1-2H3,(H2,17,21)(H,18,19). The monoisotopic (exact) mass is 303 g/mol. The van der Waals surface area contributed by atoms with Gasteiger partial charge in [-0.25, -0.2) is 0 Å². The Kier molecular flexibility index (Phi) is 5.47. The molecule has 0 saturated carbocycles. The van der Waals surface area contributed by atoms with Crippen molar-refractivity contribution in [3.05, 3.63) is 36.0 Å². The highest BCUT2D eigenvalue weighted by Gasteiger charge is 2.15. The molecule has 5 heteroatoms. The van der Waals surface area contributed by atoms with Crippen LogP contribution >= 0.6 is 12.2 Å². The Morgan fingerprint density at radius 1 is 1.43 bits per heavy atom. The molecule has 4 nitrogen and oxygen atoms in total. The Labute approximate surface area is 130 Å². The van der Waals surface area contributed by atoms with Gasteiger partial charge in [-0.1, -0.05) is 43.8 Å². The fourth-order valence-electron chi connectivity index (χ4n) is 2.43. The maximum atomic E-state index is 5.85. The number of methoxy groups -OCH3 is 1. The van der Waals surface area contributed by atoms with Crippen LogP contribution in [0, 0.1) is 0 Å². The number of aromatic nitrogens is 1. The van der Waals surface area contributed by atoms with Gasteiger partial charge in [-0.15, -0.1) is 0 Å². The summed E-state index contributed by atoms with van der Waals surface area (Å²) in [6.07, 6.45) is 3.83. The van der Waals surface area contributed by atoms with Crippen molar-refractivity contribution in [1.29, 1.82) is 0 Å². The number of rotatable bonds is 7. The highest BCUT2D eigenvalue weighted by atomic mass is 32.1. The molecular formula is C16H21N3OS. The van der Waals surface area contributed by atoms with Crippen molar-refractivity contribution in [3.63, 3.8) is 0 Å². The number of nitrogens with two attached hydrogens (primary N) is 1. The Morgan fingerprint density at radius 2 is 2.19 bits per heavy atom. The van der Waals surface area contributed by atoms with E-state index in [0.717, 1.165) is 35.0 Å². The zero-order valence-electron chi connectivity index (χ0n) is 12.4. The van der Waals surface area contributed by atoms with E-state index in [9.17, 15) is 0 Å². The molecule has 2 rings (SSSR count). The number of ether oxygens (including phenoxy) is 1. The molecule has 0 saturated heterocycles. The van der Waals surface area contributed by atoms with Crippen LogP contribution in [-0.4, -0.2) is 29.7 Å². The zero-order chi connectivity index (χ0) is 15.2. The lowest BCUT2D eigenvalue weighted by atomic mass is 10.1. The minimum Gasteiger partial charge on any atom is -0.389 e. The fraction of sp³-hybridized carbons (Fsp3) is 0.375. The molecule has 1 unspecified atom stereocenters. The number of nitrogens with zero attached hydrogens (tertiary/aromatic N) is 1. The molecule has 0 aliphatic rings. The van der Waals surface area contributed by atoms with E-state index in [1.165, 1.54) is 0 Å². The third kappa shape index (κ3) is 3.68. The van der Waals surface area contributed by atoms with Crippen molar-refractivity contribution in [1.82, 2.24) is 4.98 Å². The van der Waals surface area contributed by atoms with Gasteiger partial charge >= 0.3 is 0 Å². The topological polar surface area (TPSA) is 60.2 Å². The van der Waals surface area contributed by atoms with Gasteiger partial charge in [0.1, 0.15) is 4.99 Å². The van der Waals surface area contributed by atoms with Crippen LogP contribution in [0.15, 0.2) is 30.5 Å². The third-order valence-corrected chi connectivity index (χ3v) is 3.61. The molecule has 0 aliphatic carbocycles. The number of anilines is 1. The second kappa shape index (κ2) is 7.33. The molecule has 0 aliphatic heterocycles. The van der Waals surface area contributed by atoms with Crippen molar-refractivity contribution in [2.75, 3.05) is 19.0 Å². The molecule has 112 valence electrons. The Hall–Kier alpha value is -1.72. The third-order valence-electron chi connectivity index (χ3n) is 3.39. The van der Waals surface area contributed by atoms with Crippen molar-refractivity contribution in [2.45, 2.75) is 25.8 Å². The maximum Gasteiger partial charge on any atom is 0.107 e. The lowest BCUT2D eigenvalue weighted by Gasteiger charge is -2.21. The first-order valence-corrected chi connectivity index (χ1v) is 7.51. The lowest BCUT2D eigenvalue weighted by molar-refractivity contribution is 0.182. The van der Waals surface area contributed by atoms with Gasteiger partial charge in [0.15, 0.2) is 0 Å². The molecule has 21 heavy (non-hydrogen) atoms. The molecule has 0 radical (unpaired) electrons. The molecule has 0 fully saturated rings. The molecule has 2 aromatic rings. The summed E-state index contributed by atoms with van der Waals surface area (Å²) in [7, 11) is 1.71. The van der Waals surface area contributed by atoms with Crippen LogP contribution in [0.1, 0.15) is 25.3 Å². The second-order valence-corrected chi connectivity index (χ2v) is 5.45. The summed E-state index contributed by atoms with van der Waals surface area (Å²) in [5, 5.41) is 4.57. The van der Waals surface area contributed by atoms with E-state index >= 15 is 0 Å². The van der Waals surface area contributed by atoms with Gasteiger partial charge in [-0.2, -0.15) is 0 Å². The Bertz CT molecular complexity index is 624. The van der Waals surface area contributed by atoms with Crippen molar-refractivity contribution in [3.8, 4) is 0 Å². The zero-order valence-corrected chi connectivity index (χ0v) is 13.2. The van der Waals surface area contributed by atoms with Crippen molar-refractivity contribution >= 4 is 33.8 Å². The first-order valence-electron chi connectivity index (χ1n) is 7.10. The summed E-state index contributed by atoms with van der Waals surface area (Å²) in [6.45, 7) is 2.80. The SMILES string of the molecule is CCCC(COC)Nc1c(C(N)=S)cnc2ccccc12. The number of para-hydroxylation sites is 1. The largest absolute Gasteiger partial charge is 0.389 e. The van der Waals surface area contributed by atoms with E-state index in [1.54, 1.807) is 13.3 Å². The Morgan fingerprint density at radius 3 is 2.86 bits per heavy atom. The van der Waals surface area contributed by atoms with E-state index in [-0.39, 0.29) is 6.04 Å². The van der Waals surface area contributed by atoms with Crippen LogP contribution in [0.3, 0.4) is 0 Å². The number of benzene rings is 1. The normalized spacial score (nSPS) is 12.3. The predicted molar refractivity (Wildman–Crippen MR) is 91.8 cm³/mol. The second-order valence-electron chi connectivity index (χ2n) is 5.01. The van der Waals surface area contributed by atoms with Gasteiger partial charge in [-0.3, -0.25) is 4.98 Å². The van der Waals surface area contributed by atoms with Gasteiger partial charge in [0, 0.05) is 24.7 Å². The summed E-state index contributed by atoms with van der Waals surface area (Å²) in [5.74, 6) is 0. The van der Waals surface area contributed by atoms with Gasteiger partial charge in [-0.05, 0) is 12.5 Å². The summed E-state index contributed by atoms with van der Waals surface area (Å²) in [5.41, 5.74) is 8.50. The number of pyridine rings is 1. The smallest absolute Gasteiger partial charge is 0.107 e. The lowest BCUT2D eigenvalue weighted by Crippen LogP contribution is -2.26. The van der Waals surface area contributed by atoms with E-state index in [0.29, 0.717) is 11.6 Å². The van der Waals surface area contributed by atoms with Gasteiger partial charge in [0.05, 0.1) is 23.4 Å². The minimum absolute atomic E-state index is 0.221. The summed E-state index contributed by atoms with van der Waals surface area (Å²) in [6, 6.07) is 8.19. The van der Waals surface area contributed by atoms with Crippen molar-refractivity contribution < 1.29 is 4.74 Å². The van der Waals surface area contributed by atoms with Crippen molar-refractivity contribution in [2.24, 2.45) is 5.73 Å². The van der Waals surface area contributed by atoms with E-state index < -0.39 is 0 Å². The number of hydrogen-bond donors (Lipinski definition) is 2. The molecule has 1 atom stereocenters. The molecule has 1 aromatic carbocycles. The molecule has 0 bridgehead atoms. The highest BCUT2D eigenvalue weighted by molar-refractivity contribution is 7.80. The fourth-order valence-corrected chi connectivity index (χ4v) is 2.59. The van der Waals surface area contributed by atoms with Crippen LogP contribution in [0.5, 0.6) is 0 Å². The number of fused-ring (bicyclic) bond motifs is 1. The average molecular weight is 303 g/mol. The van der Waals surface area contributed by atoms with Gasteiger partial charge in [0.2, 0.25) is 0 Å². The quantitative estimate of drug-likeness (QED) is 0.770. The Balaban J connectivity index is 2.47. The maximum absolute atomic E-state index is 5.85. The van der Waals surface area contributed by atoms with Crippen LogP contribution in [0.25, 0.3) is 10.9 Å². The van der Waals surface area contributed by atoms with Crippen LogP contribution in [0.2, 0.25) is 0 Å². The van der Waals surface area contributed by atoms with E-state index in [4.69, 9.17) is 22.7 Å². The van der Waals surface area contributed by atoms with Crippen LogP contribution < -0.4 is 11.1 Å². The molecule has 3 N–H and O–H groups in total. The highest BCUT2D eigenvalue weighted by Crippen LogP contribution is 2.27. The number of nitrogens with one attached hydrogen (secondary N) is 1. The first kappa shape index (κ1) is 15.7. The average Bonchev–Trinajstić information content (AvgIpc) is 2.47. The molecule has 1 aromatic heterocycles. The molecule has 1 heterocycles. The van der Waals surface area contributed by atoms with Crippen LogP contribution in [0.4, 0.5) is 5.69 Å². The summed E-state index contributed by atoms with van der Waals surface area (Å²) >= 11 is 5.16. The van der Waals surface area contributed by atoms with Gasteiger partial charge in [0.25, 0.3) is 0 Å². The summed E-state index contributed by atoms with van der Waals surface area (Å²) in [4.78, 5) is 4.77. The van der Waals surface area contributed by atoms with Gasteiger partial charge < -0.3 is 15.8 Å². The molecule has 0 spiro atoms. The van der Waals surface area contributed by atoms with E-state index in [2.05, 4.69) is 17.2 Å².